The van der Waals surface area contributed by atoms with E-state index in [4.69, 9.17) is 9.88 Å². The number of carbonyl (C=O) groups excluding carboxylic acids is 2. The molecule has 4 rings (SSSR count). The molecule has 32 heavy (non-hydrogen) atoms. The Morgan fingerprint density at radius 2 is 1.78 bits per heavy atom. The molecular formula is C22H26N4O5S. The molecule has 10 heteroatoms. The van der Waals surface area contributed by atoms with Crippen LogP contribution in [0.5, 0.6) is 0 Å². The van der Waals surface area contributed by atoms with Crippen molar-refractivity contribution in [3.05, 3.63) is 53.6 Å². The van der Waals surface area contributed by atoms with Crippen LogP contribution in [0.25, 0.3) is 0 Å². The largest absolute Gasteiger partial charge is 0.378 e. The maximum absolute atomic E-state index is 13.0. The monoisotopic (exact) mass is 458 g/mol. The lowest BCUT2D eigenvalue weighted by Crippen LogP contribution is -2.38. The molecule has 0 aliphatic carbocycles. The third-order valence-electron chi connectivity index (χ3n) is 5.67. The van der Waals surface area contributed by atoms with Crippen LogP contribution in [0.1, 0.15) is 28.8 Å². The molecule has 170 valence electrons. The zero-order chi connectivity index (χ0) is 22.7. The fraction of sp³-hybridized carbons (Fsp3) is 0.364. The Morgan fingerprint density at radius 1 is 1.06 bits per heavy atom. The average Bonchev–Trinajstić information content (AvgIpc) is 3.23. The van der Waals surface area contributed by atoms with Gasteiger partial charge >= 0.3 is 0 Å². The van der Waals surface area contributed by atoms with E-state index in [0.29, 0.717) is 38.4 Å². The van der Waals surface area contributed by atoms with Gasteiger partial charge < -0.3 is 19.9 Å². The summed E-state index contributed by atoms with van der Waals surface area (Å²) in [6.45, 7) is 3.25. The Bertz CT molecular complexity index is 1110. The number of morpholine rings is 1. The highest BCUT2D eigenvalue weighted by atomic mass is 32.2. The smallest absolute Gasteiger partial charge is 0.253 e. The minimum absolute atomic E-state index is 0.112. The first-order valence-electron chi connectivity index (χ1n) is 10.5. The molecule has 0 aromatic heterocycles. The summed E-state index contributed by atoms with van der Waals surface area (Å²) in [5, 5.41) is 8.13. The van der Waals surface area contributed by atoms with Gasteiger partial charge in [0.25, 0.3) is 5.91 Å². The molecule has 2 amide bonds. The van der Waals surface area contributed by atoms with Gasteiger partial charge in [-0.25, -0.2) is 13.6 Å². The first-order chi connectivity index (χ1) is 15.3. The van der Waals surface area contributed by atoms with Gasteiger partial charge in [-0.15, -0.1) is 0 Å². The number of hydrogen-bond acceptors (Lipinski definition) is 6. The molecular weight excluding hydrogens is 432 g/mol. The second kappa shape index (κ2) is 9.27. The minimum Gasteiger partial charge on any atom is -0.378 e. The van der Waals surface area contributed by atoms with Crippen molar-refractivity contribution in [3.8, 4) is 0 Å². The number of ether oxygens (including phenoxy) is 1. The van der Waals surface area contributed by atoms with Crippen molar-refractivity contribution < 1.29 is 22.7 Å². The van der Waals surface area contributed by atoms with Gasteiger partial charge in [0, 0.05) is 44.0 Å². The van der Waals surface area contributed by atoms with Crippen LogP contribution in [0.4, 0.5) is 11.4 Å². The zero-order valence-corrected chi connectivity index (χ0v) is 18.4. The van der Waals surface area contributed by atoms with Crippen LogP contribution in [-0.2, 0) is 26.1 Å². The number of nitrogens with two attached hydrogens (primary N) is 1. The number of primary sulfonamides is 1. The van der Waals surface area contributed by atoms with E-state index in [1.165, 1.54) is 12.1 Å². The predicted octanol–water partition coefficient (Wildman–Crippen LogP) is 1.23. The van der Waals surface area contributed by atoms with E-state index in [1.807, 2.05) is 29.2 Å². The molecule has 0 unspecified atom stereocenters. The van der Waals surface area contributed by atoms with E-state index in [9.17, 15) is 18.0 Å². The van der Waals surface area contributed by atoms with Crippen LogP contribution in [0.15, 0.2) is 47.4 Å². The van der Waals surface area contributed by atoms with Crippen LogP contribution >= 0.6 is 0 Å². The maximum atomic E-state index is 13.0. The highest BCUT2D eigenvalue weighted by Crippen LogP contribution is 2.25. The standard InChI is InChI=1S/C22H26N4O5S/c23-32(29,30)18-7-8-20(25-10-12-31-13-11-25)19(14-18)22(28)24-15-16-3-5-17(6-4-16)26-9-1-2-21(26)27/h3-8,14H,1-2,9-13,15H2,(H,24,28)(H2,23,29,30). The molecule has 2 aliphatic heterocycles. The molecule has 3 N–H and O–H groups in total. The van der Waals surface area contributed by atoms with Crippen molar-refractivity contribution in [2.45, 2.75) is 24.3 Å². The molecule has 2 heterocycles. The van der Waals surface area contributed by atoms with E-state index >= 15 is 0 Å². The Morgan fingerprint density at radius 3 is 2.41 bits per heavy atom. The summed E-state index contributed by atoms with van der Waals surface area (Å²) >= 11 is 0. The Kier molecular flexibility index (Phi) is 6.45. The maximum Gasteiger partial charge on any atom is 0.253 e. The molecule has 0 atom stereocenters. The molecule has 0 bridgehead atoms. The van der Waals surface area contributed by atoms with Crippen molar-refractivity contribution in [2.24, 2.45) is 5.14 Å². The topological polar surface area (TPSA) is 122 Å². The zero-order valence-electron chi connectivity index (χ0n) is 17.6. The molecule has 2 fully saturated rings. The van der Waals surface area contributed by atoms with Crippen LogP contribution in [-0.4, -0.2) is 53.1 Å². The van der Waals surface area contributed by atoms with Crippen LogP contribution in [0.3, 0.4) is 0 Å². The summed E-state index contributed by atoms with van der Waals surface area (Å²) < 4.78 is 29.0. The number of rotatable bonds is 6. The Balaban J connectivity index is 1.51. The number of anilines is 2. The molecule has 2 saturated heterocycles. The highest BCUT2D eigenvalue weighted by Gasteiger charge is 2.23. The van der Waals surface area contributed by atoms with Crippen molar-refractivity contribution in [2.75, 3.05) is 42.6 Å². The summed E-state index contributed by atoms with van der Waals surface area (Å²) in [5.74, 6) is -0.271. The van der Waals surface area contributed by atoms with Gasteiger partial charge in [-0.05, 0) is 42.3 Å². The normalized spacial score (nSPS) is 17.0. The van der Waals surface area contributed by atoms with E-state index in [2.05, 4.69) is 5.32 Å². The van der Waals surface area contributed by atoms with Crippen molar-refractivity contribution in [1.29, 1.82) is 0 Å². The van der Waals surface area contributed by atoms with Gasteiger partial charge in [0.2, 0.25) is 15.9 Å². The number of amides is 2. The average molecular weight is 459 g/mol. The van der Waals surface area contributed by atoms with Gasteiger partial charge in [0.1, 0.15) is 0 Å². The Labute approximate surface area is 187 Å². The van der Waals surface area contributed by atoms with E-state index < -0.39 is 15.9 Å². The number of hydrogen-bond donors (Lipinski definition) is 2. The number of benzene rings is 2. The molecule has 2 aromatic carbocycles. The number of nitrogens with one attached hydrogen (secondary N) is 1. The second-order valence-corrected chi connectivity index (χ2v) is 9.38. The SMILES string of the molecule is NS(=O)(=O)c1ccc(N2CCOCC2)c(C(=O)NCc2ccc(N3CCCC3=O)cc2)c1. The van der Waals surface area contributed by atoms with Crippen molar-refractivity contribution in [1.82, 2.24) is 5.32 Å². The fourth-order valence-corrected chi connectivity index (χ4v) is 4.49. The van der Waals surface area contributed by atoms with Crippen LogP contribution in [0, 0.1) is 0 Å². The van der Waals surface area contributed by atoms with Crippen molar-refractivity contribution >= 4 is 33.2 Å². The molecule has 2 aliphatic rings. The van der Waals surface area contributed by atoms with Gasteiger partial charge in [-0.3, -0.25) is 9.59 Å². The molecule has 9 nitrogen and oxygen atoms in total. The lowest BCUT2D eigenvalue weighted by atomic mass is 10.1. The van der Waals surface area contributed by atoms with Gasteiger partial charge in [0.15, 0.2) is 0 Å². The van der Waals surface area contributed by atoms with Gasteiger partial charge in [0.05, 0.1) is 23.7 Å². The van der Waals surface area contributed by atoms with Crippen LogP contribution < -0.4 is 20.3 Å². The molecule has 0 saturated carbocycles. The lowest BCUT2D eigenvalue weighted by molar-refractivity contribution is -0.117. The molecule has 2 aromatic rings. The summed E-state index contributed by atoms with van der Waals surface area (Å²) in [6.07, 6.45) is 1.43. The molecule has 0 radical (unpaired) electrons. The number of carbonyl (C=O) groups is 2. The van der Waals surface area contributed by atoms with E-state index in [1.54, 1.807) is 11.0 Å². The number of sulfonamides is 1. The van der Waals surface area contributed by atoms with Gasteiger partial charge in [-0.1, -0.05) is 12.1 Å². The van der Waals surface area contributed by atoms with Crippen molar-refractivity contribution in [3.63, 3.8) is 0 Å². The minimum atomic E-state index is -3.95. The van der Waals surface area contributed by atoms with E-state index in [-0.39, 0.29) is 22.9 Å². The first-order valence-corrected chi connectivity index (χ1v) is 12.0. The van der Waals surface area contributed by atoms with E-state index in [0.717, 1.165) is 24.2 Å². The molecule has 0 spiro atoms. The first kappa shape index (κ1) is 22.3. The predicted molar refractivity (Wildman–Crippen MR) is 120 cm³/mol. The summed E-state index contributed by atoms with van der Waals surface area (Å²) in [6, 6.07) is 11.8. The Hall–Kier alpha value is -2.95. The van der Waals surface area contributed by atoms with Gasteiger partial charge in [-0.2, -0.15) is 0 Å². The third kappa shape index (κ3) is 4.93. The third-order valence-corrected chi connectivity index (χ3v) is 6.58. The van der Waals surface area contributed by atoms with Crippen LogP contribution in [0.2, 0.25) is 0 Å². The second-order valence-electron chi connectivity index (χ2n) is 7.82. The highest BCUT2D eigenvalue weighted by molar-refractivity contribution is 7.89. The summed E-state index contributed by atoms with van der Waals surface area (Å²) in [5.41, 5.74) is 2.60. The summed E-state index contributed by atoms with van der Waals surface area (Å²) in [4.78, 5) is 28.6. The summed E-state index contributed by atoms with van der Waals surface area (Å²) in [7, 11) is -3.95. The quantitative estimate of drug-likeness (QED) is 0.671. The lowest BCUT2D eigenvalue weighted by Gasteiger charge is -2.30. The fourth-order valence-electron chi connectivity index (χ4n) is 3.95. The number of nitrogens with zero attached hydrogens (tertiary/aromatic N) is 2.